The van der Waals surface area contributed by atoms with E-state index in [2.05, 4.69) is 18.4 Å². The van der Waals surface area contributed by atoms with Gasteiger partial charge in [0.25, 0.3) is 0 Å². The Morgan fingerprint density at radius 1 is 1.04 bits per heavy atom. The van der Waals surface area contributed by atoms with E-state index in [1.165, 1.54) is 18.4 Å². The molecule has 0 saturated heterocycles. The van der Waals surface area contributed by atoms with Gasteiger partial charge in [0.2, 0.25) is 0 Å². The highest BCUT2D eigenvalue weighted by Gasteiger charge is 2.28. The Hall–Kier alpha value is -1.66. The van der Waals surface area contributed by atoms with Gasteiger partial charge in [0.05, 0.1) is 10.6 Å². The Morgan fingerprint density at radius 2 is 1.61 bits per heavy atom. The number of thiol groups is 1. The van der Waals surface area contributed by atoms with Gasteiger partial charge >= 0.3 is 0 Å². The van der Waals surface area contributed by atoms with E-state index in [0.717, 1.165) is 52.3 Å². The quantitative estimate of drug-likeness (QED) is 0.373. The standard InChI is InChI=1S/C21H18ClNOS2.CH5N/c22-16-9-5-13(6-10-16)18-20(15-7-11-17(25)12-8-15)26-21(23-18)19(24)14-3-1-2-4-14;1-2/h5-12,14,25H,1-4H2;2H2,1H3. The van der Waals surface area contributed by atoms with Crippen molar-refractivity contribution in [3.63, 3.8) is 0 Å². The third-order valence-corrected chi connectivity index (χ3v) is 6.48. The van der Waals surface area contributed by atoms with Crippen LogP contribution in [0.1, 0.15) is 35.5 Å². The fourth-order valence-electron chi connectivity index (χ4n) is 3.40. The third kappa shape index (κ3) is 4.66. The molecule has 4 rings (SSSR count). The highest BCUT2D eigenvalue weighted by molar-refractivity contribution is 7.80. The van der Waals surface area contributed by atoms with Crippen LogP contribution in [0.4, 0.5) is 0 Å². The SMILES string of the molecule is CN.O=C(c1nc(-c2ccc(Cl)cc2)c(-c2ccc(S)cc2)s1)C1CCCC1. The van der Waals surface area contributed by atoms with Crippen LogP contribution in [0, 0.1) is 5.92 Å². The van der Waals surface area contributed by atoms with Gasteiger partial charge in [-0.15, -0.1) is 24.0 Å². The van der Waals surface area contributed by atoms with Crippen LogP contribution in [-0.4, -0.2) is 17.8 Å². The Morgan fingerprint density at radius 3 is 2.21 bits per heavy atom. The van der Waals surface area contributed by atoms with E-state index in [4.69, 9.17) is 16.6 Å². The van der Waals surface area contributed by atoms with Gasteiger partial charge in [-0.25, -0.2) is 4.98 Å². The molecule has 3 aromatic rings. The molecular weight excluding hydrogens is 408 g/mol. The van der Waals surface area contributed by atoms with E-state index >= 15 is 0 Å². The zero-order valence-corrected chi connectivity index (χ0v) is 18.2. The minimum absolute atomic E-state index is 0.131. The van der Waals surface area contributed by atoms with Crippen molar-refractivity contribution < 1.29 is 4.79 Å². The minimum Gasteiger partial charge on any atom is -0.333 e. The molecule has 0 atom stereocenters. The summed E-state index contributed by atoms with van der Waals surface area (Å²) in [6, 6.07) is 15.6. The molecule has 2 aromatic carbocycles. The second kappa shape index (κ2) is 9.70. The Bertz CT molecular complexity index is 867. The van der Waals surface area contributed by atoms with Crippen LogP contribution in [0.25, 0.3) is 21.7 Å². The molecule has 146 valence electrons. The maximum absolute atomic E-state index is 12.9. The van der Waals surface area contributed by atoms with Gasteiger partial charge in [-0.05, 0) is 49.7 Å². The molecule has 3 nitrogen and oxygen atoms in total. The van der Waals surface area contributed by atoms with Gasteiger partial charge in [-0.1, -0.05) is 48.7 Å². The van der Waals surface area contributed by atoms with Gasteiger partial charge in [-0.2, -0.15) is 0 Å². The predicted octanol–water partition coefficient (Wildman–Crippen LogP) is 6.37. The molecular formula is C22H23ClN2OS2. The monoisotopic (exact) mass is 430 g/mol. The Labute approximate surface area is 180 Å². The zero-order chi connectivity index (χ0) is 20.1. The number of carbonyl (C=O) groups excluding carboxylic acids is 1. The van der Waals surface area contributed by atoms with Crippen LogP contribution < -0.4 is 5.73 Å². The molecule has 0 radical (unpaired) electrons. The van der Waals surface area contributed by atoms with Gasteiger partial charge in [0.1, 0.15) is 0 Å². The first-order chi connectivity index (χ1) is 13.6. The van der Waals surface area contributed by atoms with Crippen LogP contribution in [-0.2, 0) is 0 Å². The van der Waals surface area contributed by atoms with Crippen molar-refractivity contribution >= 4 is 41.3 Å². The average molecular weight is 431 g/mol. The molecule has 1 aliphatic carbocycles. The highest BCUT2D eigenvalue weighted by atomic mass is 35.5. The lowest BCUT2D eigenvalue weighted by molar-refractivity contribution is 0.0922. The van der Waals surface area contributed by atoms with Crippen molar-refractivity contribution in [3.05, 3.63) is 58.6 Å². The fraction of sp³-hybridized carbons (Fsp3) is 0.273. The first-order valence-electron chi connectivity index (χ1n) is 9.30. The molecule has 1 saturated carbocycles. The summed E-state index contributed by atoms with van der Waals surface area (Å²) in [5, 5.41) is 1.30. The summed E-state index contributed by atoms with van der Waals surface area (Å²) < 4.78 is 0. The highest BCUT2D eigenvalue weighted by Crippen LogP contribution is 2.39. The van der Waals surface area contributed by atoms with Gasteiger partial charge < -0.3 is 5.73 Å². The molecule has 1 aliphatic rings. The molecule has 1 fully saturated rings. The zero-order valence-electron chi connectivity index (χ0n) is 15.7. The number of Topliss-reactive ketones (excluding diaryl/α,β-unsaturated/α-hetero) is 1. The summed E-state index contributed by atoms with van der Waals surface area (Å²) in [7, 11) is 1.50. The molecule has 2 N–H and O–H groups in total. The lowest BCUT2D eigenvalue weighted by Crippen LogP contribution is -2.10. The second-order valence-corrected chi connectivity index (χ2v) is 8.55. The molecule has 1 aromatic heterocycles. The predicted molar refractivity (Wildman–Crippen MR) is 122 cm³/mol. The van der Waals surface area contributed by atoms with Crippen LogP contribution in [0.15, 0.2) is 53.4 Å². The van der Waals surface area contributed by atoms with E-state index in [-0.39, 0.29) is 11.7 Å². The second-order valence-electron chi connectivity index (χ2n) is 6.60. The van der Waals surface area contributed by atoms with E-state index < -0.39 is 0 Å². The topological polar surface area (TPSA) is 56.0 Å². The lowest BCUT2D eigenvalue weighted by atomic mass is 10.0. The van der Waals surface area contributed by atoms with Crippen LogP contribution >= 0.6 is 35.6 Å². The number of nitrogens with two attached hydrogens (primary N) is 1. The summed E-state index contributed by atoms with van der Waals surface area (Å²) in [5.41, 5.74) is 7.37. The van der Waals surface area contributed by atoms with Crippen LogP contribution in [0.5, 0.6) is 0 Å². The molecule has 1 heterocycles. The van der Waals surface area contributed by atoms with E-state index in [0.29, 0.717) is 10.0 Å². The summed E-state index contributed by atoms with van der Waals surface area (Å²) in [5.74, 6) is 0.326. The van der Waals surface area contributed by atoms with Crippen LogP contribution in [0.2, 0.25) is 5.02 Å². The first-order valence-corrected chi connectivity index (χ1v) is 10.9. The van der Waals surface area contributed by atoms with Crippen molar-refractivity contribution in [3.8, 4) is 21.7 Å². The van der Waals surface area contributed by atoms with Crippen molar-refractivity contribution in [2.45, 2.75) is 30.6 Å². The smallest absolute Gasteiger partial charge is 0.194 e. The normalized spacial score (nSPS) is 13.9. The Kier molecular flexibility index (Phi) is 7.30. The number of benzene rings is 2. The van der Waals surface area contributed by atoms with Crippen molar-refractivity contribution in [2.75, 3.05) is 7.05 Å². The van der Waals surface area contributed by atoms with Crippen molar-refractivity contribution in [2.24, 2.45) is 11.7 Å². The number of ketones is 1. The molecule has 0 aliphatic heterocycles. The minimum atomic E-state index is 0.131. The number of aromatic nitrogens is 1. The fourth-order valence-corrected chi connectivity index (χ4v) is 4.79. The Balaban J connectivity index is 0.00000109. The number of halogens is 1. The van der Waals surface area contributed by atoms with E-state index in [9.17, 15) is 4.79 Å². The summed E-state index contributed by atoms with van der Waals surface area (Å²) in [6.07, 6.45) is 4.25. The van der Waals surface area contributed by atoms with E-state index in [1.54, 1.807) is 0 Å². The summed E-state index contributed by atoms with van der Waals surface area (Å²) in [6.45, 7) is 0. The lowest BCUT2D eigenvalue weighted by Gasteiger charge is -2.03. The molecule has 0 spiro atoms. The number of thiazole rings is 1. The molecule has 0 amide bonds. The van der Waals surface area contributed by atoms with Gasteiger partial charge in [0.15, 0.2) is 10.8 Å². The van der Waals surface area contributed by atoms with Gasteiger partial charge in [0, 0.05) is 21.4 Å². The summed E-state index contributed by atoms with van der Waals surface area (Å²) in [4.78, 5) is 19.6. The molecule has 0 bridgehead atoms. The van der Waals surface area contributed by atoms with Crippen molar-refractivity contribution in [1.82, 2.24) is 4.98 Å². The van der Waals surface area contributed by atoms with Gasteiger partial charge in [-0.3, -0.25) is 4.79 Å². The number of hydrogen-bond donors (Lipinski definition) is 2. The maximum Gasteiger partial charge on any atom is 0.194 e. The first kappa shape index (κ1) is 21.1. The van der Waals surface area contributed by atoms with Crippen molar-refractivity contribution in [1.29, 1.82) is 0 Å². The average Bonchev–Trinajstić information content (AvgIpc) is 3.41. The van der Waals surface area contributed by atoms with E-state index in [1.807, 2.05) is 48.5 Å². The summed E-state index contributed by atoms with van der Waals surface area (Å²) >= 11 is 11.9. The third-order valence-electron chi connectivity index (χ3n) is 4.81. The molecule has 28 heavy (non-hydrogen) atoms. The molecule has 0 unspecified atom stereocenters. The number of rotatable bonds is 4. The number of nitrogens with zero attached hydrogens (tertiary/aromatic N) is 1. The molecule has 6 heteroatoms. The van der Waals surface area contributed by atoms with Crippen LogP contribution in [0.3, 0.4) is 0 Å². The maximum atomic E-state index is 12.9. The number of hydrogen-bond acceptors (Lipinski definition) is 5. The largest absolute Gasteiger partial charge is 0.333 e. The number of carbonyl (C=O) groups is 1.